The molecule has 0 aliphatic carbocycles. The molecule has 0 aromatic heterocycles. The third kappa shape index (κ3) is 5.14. The maximum atomic E-state index is 12.4. The van der Waals surface area contributed by atoms with Crippen molar-refractivity contribution in [2.75, 3.05) is 37.6 Å². The van der Waals surface area contributed by atoms with Crippen LogP contribution in [-0.2, 0) is 19.1 Å². The molecule has 31 heavy (non-hydrogen) atoms. The minimum atomic E-state index is -0.614. The number of benzene rings is 2. The van der Waals surface area contributed by atoms with E-state index in [9.17, 15) is 14.4 Å². The first-order valence-electron chi connectivity index (χ1n) is 9.88. The molecule has 8 heteroatoms. The van der Waals surface area contributed by atoms with Crippen molar-refractivity contribution in [3.05, 3.63) is 47.5 Å². The standard InChI is InChI=1S/C23H26N2O6/c1-14-5-8-19(15(2)9-14)25-12-16(10-22(25)27)23(28)31-13-21(26)24-18-7-6-17(29-3)11-20(18)30-4/h5-9,11,16H,10,12-13H2,1-4H3,(H,24,26)/t16-/m1/s1. The monoisotopic (exact) mass is 426 g/mol. The lowest BCUT2D eigenvalue weighted by molar-refractivity contribution is -0.151. The zero-order chi connectivity index (χ0) is 22.5. The smallest absolute Gasteiger partial charge is 0.311 e. The third-order valence-corrected chi connectivity index (χ3v) is 5.13. The van der Waals surface area contributed by atoms with Gasteiger partial charge in [0.05, 0.1) is 25.8 Å². The molecule has 2 amide bonds. The van der Waals surface area contributed by atoms with Crippen LogP contribution in [0.1, 0.15) is 17.5 Å². The summed E-state index contributed by atoms with van der Waals surface area (Å²) >= 11 is 0. The minimum absolute atomic E-state index is 0.0556. The molecule has 1 aliphatic heterocycles. The van der Waals surface area contributed by atoms with Gasteiger partial charge in [-0.1, -0.05) is 17.7 Å². The number of anilines is 2. The molecule has 2 aromatic carbocycles. The van der Waals surface area contributed by atoms with E-state index in [2.05, 4.69) is 5.32 Å². The molecule has 1 saturated heterocycles. The Morgan fingerprint density at radius 1 is 1.10 bits per heavy atom. The van der Waals surface area contributed by atoms with Crippen molar-refractivity contribution in [2.45, 2.75) is 20.3 Å². The first-order chi connectivity index (χ1) is 14.8. The molecule has 1 heterocycles. The summed E-state index contributed by atoms with van der Waals surface area (Å²) < 4.78 is 15.5. The van der Waals surface area contributed by atoms with Crippen LogP contribution >= 0.6 is 0 Å². The lowest BCUT2D eigenvalue weighted by Gasteiger charge is -2.19. The Morgan fingerprint density at radius 3 is 2.55 bits per heavy atom. The van der Waals surface area contributed by atoms with Crippen LogP contribution < -0.4 is 19.7 Å². The van der Waals surface area contributed by atoms with Crippen molar-refractivity contribution >= 4 is 29.2 Å². The third-order valence-electron chi connectivity index (χ3n) is 5.13. The molecule has 1 aliphatic rings. The summed E-state index contributed by atoms with van der Waals surface area (Å²) in [6.45, 7) is 3.69. The fourth-order valence-electron chi connectivity index (χ4n) is 3.55. The number of carbonyl (C=O) groups is 3. The van der Waals surface area contributed by atoms with Gasteiger partial charge in [0.15, 0.2) is 6.61 Å². The van der Waals surface area contributed by atoms with E-state index in [1.807, 2.05) is 32.0 Å². The summed E-state index contributed by atoms with van der Waals surface area (Å²) in [6, 6.07) is 10.7. The molecule has 1 fully saturated rings. The normalized spacial score (nSPS) is 15.5. The fourth-order valence-corrected chi connectivity index (χ4v) is 3.55. The maximum absolute atomic E-state index is 12.4. The fraction of sp³-hybridized carbons (Fsp3) is 0.348. The number of hydrogen-bond donors (Lipinski definition) is 1. The highest BCUT2D eigenvalue weighted by Gasteiger charge is 2.36. The van der Waals surface area contributed by atoms with Crippen molar-refractivity contribution in [3.8, 4) is 11.5 Å². The van der Waals surface area contributed by atoms with E-state index in [1.165, 1.54) is 14.2 Å². The summed E-state index contributed by atoms with van der Waals surface area (Å²) in [6.07, 6.45) is 0.0556. The minimum Gasteiger partial charge on any atom is -0.497 e. The highest BCUT2D eigenvalue weighted by atomic mass is 16.5. The van der Waals surface area contributed by atoms with Crippen LogP contribution in [0.2, 0.25) is 0 Å². The number of amides is 2. The van der Waals surface area contributed by atoms with Crippen LogP contribution in [0.25, 0.3) is 0 Å². The summed E-state index contributed by atoms with van der Waals surface area (Å²) in [4.78, 5) is 38.7. The van der Waals surface area contributed by atoms with Crippen molar-refractivity contribution in [2.24, 2.45) is 5.92 Å². The Hall–Kier alpha value is -3.55. The van der Waals surface area contributed by atoms with Gasteiger partial charge in [-0.05, 0) is 37.6 Å². The van der Waals surface area contributed by atoms with Crippen LogP contribution in [0.4, 0.5) is 11.4 Å². The van der Waals surface area contributed by atoms with Gasteiger partial charge < -0.3 is 24.4 Å². The van der Waals surface area contributed by atoms with E-state index in [4.69, 9.17) is 14.2 Å². The molecule has 0 bridgehead atoms. The zero-order valence-electron chi connectivity index (χ0n) is 18.1. The number of aryl methyl sites for hydroxylation is 2. The molecular weight excluding hydrogens is 400 g/mol. The number of methoxy groups -OCH3 is 2. The second kappa shape index (κ2) is 9.51. The Kier molecular flexibility index (Phi) is 6.79. The molecule has 0 radical (unpaired) electrons. The zero-order valence-corrected chi connectivity index (χ0v) is 18.1. The molecule has 1 N–H and O–H groups in total. The van der Waals surface area contributed by atoms with E-state index < -0.39 is 24.4 Å². The van der Waals surface area contributed by atoms with Crippen molar-refractivity contribution in [1.82, 2.24) is 0 Å². The van der Waals surface area contributed by atoms with Crippen molar-refractivity contribution < 1.29 is 28.6 Å². The molecule has 1 atom stereocenters. The summed E-state index contributed by atoms with van der Waals surface area (Å²) in [5.41, 5.74) is 3.29. The van der Waals surface area contributed by atoms with Crippen LogP contribution in [-0.4, -0.2) is 45.2 Å². The highest BCUT2D eigenvalue weighted by Crippen LogP contribution is 2.30. The summed E-state index contributed by atoms with van der Waals surface area (Å²) in [7, 11) is 3.00. The Morgan fingerprint density at radius 2 is 1.87 bits per heavy atom. The number of esters is 1. The molecule has 8 nitrogen and oxygen atoms in total. The number of carbonyl (C=O) groups excluding carboxylic acids is 3. The average molecular weight is 426 g/mol. The number of hydrogen-bond acceptors (Lipinski definition) is 6. The predicted molar refractivity (Wildman–Crippen MR) is 116 cm³/mol. The SMILES string of the molecule is COc1ccc(NC(=O)COC(=O)[C@@H]2CC(=O)N(c3ccc(C)cc3C)C2)c(OC)c1. The number of ether oxygens (including phenoxy) is 3. The van der Waals surface area contributed by atoms with Gasteiger partial charge in [0, 0.05) is 24.7 Å². The molecule has 0 unspecified atom stereocenters. The van der Waals surface area contributed by atoms with Gasteiger partial charge in [0.1, 0.15) is 11.5 Å². The van der Waals surface area contributed by atoms with E-state index in [0.29, 0.717) is 17.2 Å². The van der Waals surface area contributed by atoms with Gasteiger partial charge in [-0.15, -0.1) is 0 Å². The van der Waals surface area contributed by atoms with Crippen molar-refractivity contribution in [3.63, 3.8) is 0 Å². The highest BCUT2D eigenvalue weighted by molar-refractivity contribution is 6.00. The topological polar surface area (TPSA) is 94.2 Å². The van der Waals surface area contributed by atoms with Gasteiger partial charge in [0.25, 0.3) is 5.91 Å². The number of nitrogens with one attached hydrogen (secondary N) is 1. The number of rotatable bonds is 7. The Bertz CT molecular complexity index is 1000. The molecular formula is C23H26N2O6. The molecule has 0 spiro atoms. The van der Waals surface area contributed by atoms with E-state index in [0.717, 1.165) is 16.8 Å². The first kappa shape index (κ1) is 22.1. The second-order valence-corrected chi connectivity index (χ2v) is 7.42. The quantitative estimate of drug-likeness (QED) is 0.685. The average Bonchev–Trinajstić information content (AvgIpc) is 3.13. The van der Waals surface area contributed by atoms with Crippen LogP contribution in [0.3, 0.4) is 0 Å². The Balaban J connectivity index is 1.56. The Labute approximate surface area is 181 Å². The molecule has 2 aromatic rings. The van der Waals surface area contributed by atoms with Crippen LogP contribution in [0, 0.1) is 19.8 Å². The van der Waals surface area contributed by atoms with Gasteiger partial charge >= 0.3 is 5.97 Å². The largest absolute Gasteiger partial charge is 0.497 e. The summed E-state index contributed by atoms with van der Waals surface area (Å²) in [5, 5.41) is 2.64. The molecule has 0 saturated carbocycles. The van der Waals surface area contributed by atoms with Gasteiger partial charge in [-0.25, -0.2) is 0 Å². The van der Waals surface area contributed by atoms with Gasteiger partial charge in [-0.2, -0.15) is 0 Å². The molecule has 164 valence electrons. The lowest BCUT2D eigenvalue weighted by atomic mass is 10.1. The lowest BCUT2D eigenvalue weighted by Crippen LogP contribution is -2.28. The van der Waals surface area contributed by atoms with E-state index in [-0.39, 0.29) is 18.9 Å². The van der Waals surface area contributed by atoms with Gasteiger partial charge in [0.2, 0.25) is 5.91 Å². The maximum Gasteiger partial charge on any atom is 0.311 e. The van der Waals surface area contributed by atoms with Crippen molar-refractivity contribution in [1.29, 1.82) is 0 Å². The van der Waals surface area contributed by atoms with Crippen LogP contribution in [0.15, 0.2) is 36.4 Å². The van der Waals surface area contributed by atoms with Gasteiger partial charge in [-0.3, -0.25) is 14.4 Å². The number of nitrogens with zero attached hydrogens (tertiary/aromatic N) is 1. The second-order valence-electron chi connectivity index (χ2n) is 7.42. The molecule has 3 rings (SSSR count). The predicted octanol–water partition coefficient (Wildman–Crippen LogP) is 2.86. The first-order valence-corrected chi connectivity index (χ1v) is 9.88. The van der Waals surface area contributed by atoms with E-state index in [1.54, 1.807) is 23.1 Å². The van der Waals surface area contributed by atoms with E-state index >= 15 is 0 Å². The summed E-state index contributed by atoms with van der Waals surface area (Å²) in [5.74, 6) is -0.826. The van der Waals surface area contributed by atoms with Crippen LogP contribution in [0.5, 0.6) is 11.5 Å².